The number of amides is 2. The molecule has 1 heterocycles. The first-order chi connectivity index (χ1) is 12.5. The van der Waals surface area contributed by atoms with Crippen molar-refractivity contribution in [3.05, 3.63) is 64.7 Å². The van der Waals surface area contributed by atoms with Crippen molar-refractivity contribution in [3.63, 3.8) is 0 Å². The molecule has 3 aliphatic carbocycles. The second kappa shape index (κ2) is 5.13. The molecule has 1 saturated carbocycles. The maximum absolute atomic E-state index is 13.3. The largest absolute Gasteiger partial charge is 0.299 e. The molecule has 2 fully saturated rings. The molecule has 4 heteroatoms. The Morgan fingerprint density at radius 2 is 1.54 bits per heavy atom. The molecule has 0 aromatic heterocycles. The van der Waals surface area contributed by atoms with Gasteiger partial charge in [0.1, 0.15) is 5.78 Å². The maximum Gasteiger partial charge on any atom is 0.238 e. The lowest BCUT2D eigenvalue weighted by Gasteiger charge is -2.43. The highest BCUT2D eigenvalue weighted by molar-refractivity contribution is 6.25. The number of nitrogens with zero attached hydrogens (tertiary/aromatic N) is 1. The maximum atomic E-state index is 13.3. The summed E-state index contributed by atoms with van der Waals surface area (Å²) in [4.78, 5) is 40.7. The van der Waals surface area contributed by atoms with E-state index in [1.807, 2.05) is 56.3 Å². The highest BCUT2D eigenvalue weighted by Crippen LogP contribution is 2.57. The number of aryl methyl sites for hydroxylation is 1. The van der Waals surface area contributed by atoms with Crippen LogP contribution in [-0.4, -0.2) is 17.6 Å². The molecule has 2 bridgehead atoms. The molecule has 4 atom stereocenters. The van der Waals surface area contributed by atoms with Crippen molar-refractivity contribution >= 4 is 23.3 Å². The summed E-state index contributed by atoms with van der Waals surface area (Å²) in [6, 6.07) is 13.5. The first-order valence-electron chi connectivity index (χ1n) is 9.06. The molecule has 4 aliphatic rings. The lowest BCUT2D eigenvalue weighted by atomic mass is 9.56. The monoisotopic (exact) mass is 345 g/mol. The molecule has 0 spiro atoms. The lowest BCUT2D eigenvalue weighted by Crippen LogP contribution is -2.44. The van der Waals surface area contributed by atoms with E-state index in [4.69, 9.17) is 0 Å². The van der Waals surface area contributed by atoms with E-state index in [1.165, 1.54) is 4.90 Å². The average molecular weight is 345 g/mol. The van der Waals surface area contributed by atoms with Crippen LogP contribution >= 0.6 is 0 Å². The number of hydrogen-bond acceptors (Lipinski definition) is 3. The van der Waals surface area contributed by atoms with Crippen LogP contribution in [0.15, 0.2) is 42.5 Å². The summed E-state index contributed by atoms with van der Waals surface area (Å²) in [6.45, 7) is 3.90. The van der Waals surface area contributed by atoms with Crippen LogP contribution in [0.2, 0.25) is 0 Å². The van der Waals surface area contributed by atoms with Gasteiger partial charge in [-0.25, -0.2) is 4.90 Å². The highest BCUT2D eigenvalue weighted by Gasteiger charge is 2.62. The van der Waals surface area contributed by atoms with Crippen molar-refractivity contribution in [1.82, 2.24) is 0 Å². The predicted octanol–water partition coefficient (Wildman–Crippen LogP) is 3.26. The number of rotatable bonds is 1. The third kappa shape index (κ3) is 1.77. The first kappa shape index (κ1) is 15.5. The van der Waals surface area contributed by atoms with Crippen molar-refractivity contribution in [2.45, 2.75) is 32.1 Å². The molecule has 6 rings (SSSR count). The van der Waals surface area contributed by atoms with E-state index in [2.05, 4.69) is 0 Å². The minimum absolute atomic E-state index is 0.0962. The second-order valence-electron chi connectivity index (χ2n) is 7.67. The van der Waals surface area contributed by atoms with Crippen LogP contribution in [0.1, 0.15) is 40.5 Å². The van der Waals surface area contributed by atoms with Gasteiger partial charge in [0.25, 0.3) is 0 Å². The fraction of sp³-hybridized carbons (Fsp3) is 0.318. The number of Topliss-reactive ketones (excluding diaryl/α,β-unsaturated/α-hetero) is 1. The molecule has 1 aliphatic heterocycles. The fourth-order valence-electron chi connectivity index (χ4n) is 5.17. The predicted molar refractivity (Wildman–Crippen MR) is 96.9 cm³/mol. The quantitative estimate of drug-likeness (QED) is 0.746. The number of carbonyl (C=O) groups is 3. The zero-order valence-corrected chi connectivity index (χ0v) is 14.7. The lowest BCUT2D eigenvalue weighted by molar-refractivity contribution is -0.134. The number of benzene rings is 2. The summed E-state index contributed by atoms with van der Waals surface area (Å²) in [5.41, 5.74) is 4.65. The van der Waals surface area contributed by atoms with Gasteiger partial charge in [-0.3, -0.25) is 14.4 Å². The smallest absolute Gasteiger partial charge is 0.238 e. The van der Waals surface area contributed by atoms with Gasteiger partial charge in [-0.05, 0) is 42.2 Å². The van der Waals surface area contributed by atoms with Gasteiger partial charge in [-0.15, -0.1) is 0 Å². The van der Waals surface area contributed by atoms with Gasteiger partial charge in [0.05, 0.1) is 23.4 Å². The average Bonchev–Trinajstić information content (AvgIpc) is 2.90. The van der Waals surface area contributed by atoms with Crippen molar-refractivity contribution in [2.75, 3.05) is 4.90 Å². The van der Waals surface area contributed by atoms with Crippen LogP contribution in [0.3, 0.4) is 0 Å². The molecule has 0 unspecified atom stereocenters. The molecule has 26 heavy (non-hydrogen) atoms. The summed E-state index contributed by atoms with van der Waals surface area (Å²) in [7, 11) is 0. The number of anilines is 1. The molecule has 0 radical (unpaired) electrons. The van der Waals surface area contributed by atoms with Gasteiger partial charge in [-0.2, -0.15) is 0 Å². The molecule has 130 valence electrons. The third-order valence-electron chi connectivity index (χ3n) is 6.51. The molecular formula is C22H19NO3. The van der Waals surface area contributed by atoms with Crippen LogP contribution < -0.4 is 4.90 Å². The van der Waals surface area contributed by atoms with Gasteiger partial charge >= 0.3 is 0 Å². The zero-order valence-electron chi connectivity index (χ0n) is 14.7. The van der Waals surface area contributed by atoms with E-state index in [1.54, 1.807) is 0 Å². The third-order valence-corrected chi connectivity index (χ3v) is 6.51. The van der Waals surface area contributed by atoms with E-state index in [-0.39, 0.29) is 23.5 Å². The number of ketones is 1. The Kier molecular flexibility index (Phi) is 3.06. The first-order valence-corrected chi connectivity index (χ1v) is 9.06. The highest BCUT2D eigenvalue weighted by atomic mass is 16.2. The van der Waals surface area contributed by atoms with Crippen LogP contribution in [0.4, 0.5) is 5.69 Å². The van der Waals surface area contributed by atoms with Gasteiger partial charge in [0.15, 0.2) is 0 Å². The topological polar surface area (TPSA) is 54.5 Å². The Hall–Kier alpha value is -2.75. The Bertz CT molecular complexity index is 993. The molecule has 2 amide bonds. The molecular weight excluding hydrogens is 326 g/mol. The van der Waals surface area contributed by atoms with Crippen LogP contribution in [0.25, 0.3) is 0 Å². The molecule has 2 aromatic carbocycles. The van der Waals surface area contributed by atoms with Crippen molar-refractivity contribution in [3.8, 4) is 0 Å². The molecule has 1 saturated heterocycles. The Morgan fingerprint density at radius 1 is 0.846 bits per heavy atom. The summed E-state index contributed by atoms with van der Waals surface area (Å²) >= 11 is 0. The second-order valence-corrected chi connectivity index (χ2v) is 7.67. The molecule has 0 N–H and O–H groups in total. The van der Waals surface area contributed by atoms with E-state index in [9.17, 15) is 14.4 Å². The minimum atomic E-state index is -0.552. The van der Waals surface area contributed by atoms with Crippen molar-refractivity contribution in [1.29, 1.82) is 0 Å². The number of fused-ring (bicyclic) bond motifs is 1. The fourth-order valence-corrected chi connectivity index (χ4v) is 5.17. The number of imide groups is 1. The van der Waals surface area contributed by atoms with Crippen molar-refractivity contribution < 1.29 is 14.4 Å². The SMILES string of the molecule is Cc1cccc(N2C(=O)[C@@H]3[C@H](C2=O)[C@H]2CC(=O)[C@@H]3c3ccccc32)c1C. The minimum Gasteiger partial charge on any atom is -0.299 e. The van der Waals surface area contributed by atoms with Crippen molar-refractivity contribution in [2.24, 2.45) is 11.8 Å². The normalized spacial score (nSPS) is 29.2. The summed E-state index contributed by atoms with van der Waals surface area (Å²) in [5, 5.41) is 0. The summed E-state index contributed by atoms with van der Waals surface area (Å²) in [6.07, 6.45) is 0.364. The van der Waals surface area contributed by atoms with E-state index >= 15 is 0 Å². The van der Waals surface area contributed by atoms with Crippen LogP contribution in [0.5, 0.6) is 0 Å². The van der Waals surface area contributed by atoms with E-state index < -0.39 is 17.8 Å². The van der Waals surface area contributed by atoms with Crippen LogP contribution in [-0.2, 0) is 14.4 Å². The summed E-state index contributed by atoms with van der Waals surface area (Å²) < 4.78 is 0. The number of hydrogen-bond donors (Lipinski definition) is 0. The van der Waals surface area contributed by atoms with Gasteiger partial charge < -0.3 is 0 Å². The van der Waals surface area contributed by atoms with Crippen LogP contribution in [0, 0.1) is 25.7 Å². The Balaban J connectivity index is 1.68. The molecule has 2 aromatic rings. The van der Waals surface area contributed by atoms with E-state index in [0.29, 0.717) is 12.1 Å². The summed E-state index contributed by atoms with van der Waals surface area (Å²) in [5.74, 6) is -1.90. The van der Waals surface area contributed by atoms with Gasteiger partial charge in [0, 0.05) is 12.3 Å². The molecule has 4 nitrogen and oxygen atoms in total. The Labute approximate surface area is 151 Å². The zero-order chi connectivity index (χ0) is 18.2. The number of carbonyl (C=O) groups excluding carboxylic acids is 3. The van der Waals surface area contributed by atoms with Gasteiger partial charge in [0.2, 0.25) is 11.8 Å². The van der Waals surface area contributed by atoms with Gasteiger partial charge in [-0.1, -0.05) is 36.4 Å². The standard InChI is InChI=1S/C22H19NO3/c1-11-6-5-9-16(12(11)2)23-21(25)19-15-10-17(24)18(20(19)22(23)26)14-8-4-3-7-13(14)15/h3-9,15,18-20H,10H2,1-2H3/t15-,18-,19+,20-/m0/s1. The Morgan fingerprint density at radius 3 is 2.31 bits per heavy atom. The van der Waals surface area contributed by atoms with E-state index in [0.717, 1.165) is 22.3 Å².